The van der Waals surface area contributed by atoms with Gasteiger partial charge in [0, 0.05) is 0 Å². The zero-order valence-electron chi connectivity index (χ0n) is 11.4. The lowest BCUT2D eigenvalue weighted by atomic mass is 10.1. The molecule has 0 N–H and O–H groups in total. The summed E-state index contributed by atoms with van der Waals surface area (Å²) in [6, 6.07) is 2.74. The van der Waals surface area contributed by atoms with Gasteiger partial charge < -0.3 is 4.74 Å². The molecule has 0 fully saturated rings. The summed E-state index contributed by atoms with van der Waals surface area (Å²) >= 11 is 0. The number of likely N-dealkylation sites (N-methyl/N-ethyl adjacent to an activating group) is 1. The number of benzene rings is 1. The first-order chi connectivity index (χ1) is 8.47. The lowest BCUT2D eigenvalue weighted by Crippen LogP contribution is -2.32. The Kier molecular flexibility index (Phi) is 5.28. The van der Waals surface area contributed by atoms with Crippen molar-refractivity contribution in [2.24, 2.45) is 0 Å². The van der Waals surface area contributed by atoms with Gasteiger partial charge in [-0.1, -0.05) is 13.8 Å². The summed E-state index contributed by atoms with van der Waals surface area (Å²) in [5.41, 5.74) is 1.28. The second-order valence-corrected chi connectivity index (χ2v) is 4.30. The van der Waals surface area contributed by atoms with Gasteiger partial charge >= 0.3 is 5.97 Å². The third-order valence-electron chi connectivity index (χ3n) is 2.89. The molecule has 0 atom stereocenters. The summed E-state index contributed by atoms with van der Waals surface area (Å²) in [6.45, 7) is 9.30. The summed E-state index contributed by atoms with van der Waals surface area (Å²) in [5.74, 6) is -0.154. The van der Waals surface area contributed by atoms with Gasteiger partial charge in [0.1, 0.15) is 11.6 Å². The van der Waals surface area contributed by atoms with Crippen LogP contribution in [0.2, 0.25) is 0 Å². The number of rotatable bonds is 5. The number of carbonyl (C=O) groups is 1. The zero-order valence-corrected chi connectivity index (χ0v) is 11.4. The van der Waals surface area contributed by atoms with E-state index < -0.39 is 0 Å². The van der Waals surface area contributed by atoms with Crippen LogP contribution in [-0.2, 0) is 4.79 Å². The molecule has 0 unspecified atom stereocenters. The minimum atomic E-state index is -0.312. The molecule has 18 heavy (non-hydrogen) atoms. The number of hydrogen-bond donors (Lipinski definition) is 0. The van der Waals surface area contributed by atoms with Gasteiger partial charge in [-0.3, -0.25) is 9.69 Å². The molecule has 0 heterocycles. The van der Waals surface area contributed by atoms with E-state index in [1.54, 1.807) is 13.8 Å². The normalized spacial score (nSPS) is 10.8. The van der Waals surface area contributed by atoms with Crippen molar-refractivity contribution < 1.29 is 13.9 Å². The number of halogens is 1. The molecule has 0 amide bonds. The quantitative estimate of drug-likeness (QED) is 0.597. The minimum absolute atomic E-state index is 0.253. The van der Waals surface area contributed by atoms with Crippen LogP contribution in [-0.4, -0.2) is 30.5 Å². The number of aryl methyl sites for hydroxylation is 2. The highest BCUT2D eigenvalue weighted by Gasteiger charge is 2.13. The van der Waals surface area contributed by atoms with Crippen molar-refractivity contribution in [3.8, 4) is 5.75 Å². The van der Waals surface area contributed by atoms with Crippen LogP contribution in [0.4, 0.5) is 4.39 Å². The molecule has 0 aromatic heterocycles. The third-order valence-corrected chi connectivity index (χ3v) is 2.89. The molecule has 0 aliphatic carbocycles. The van der Waals surface area contributed by atoms with Crippen LogP contribution in [0, 0.1) is 19.7 Å². The first-order valence-corrected chi connectivity index (χ1v) is 6.17. The number of nitrogens with zero attached hydrogens (tertiary/aromatic N) is 1. The number of ether oxygens (including phenoxy) is 1. The van der Waals surface area contributed by atoms with Crippen LogP contribution in [0.15, 0.2) is 12.1 Å². The second kappa shape index (κ2) is 6.50. The fourth-order valence-corrected chi connectivity index (χ4v) is 1.83. The van der Waals surface area contributed by atoms with E-state index in [2.05, 4.69) is 0 Å². The number of hydrogen-bond acceptors (Lipinski definition) is 3. The van der Waals surface area contributed by atoms with E-state index in [4.69, 9.17) is 4.74 Å². The molecule has 0 radical (unpaired) electrons. The van der Waals surface area contributed by atoms with E-state index in [0.717, 1.165) is 13.1 Å². The molecule has 0 saturated heterocycles. The maximum absolute atomic E-state index is 13.1. The van der Waals surface area contributed by atoms with Gasteiger partial charge in [-0.2, -0.15) is 0 Å². The van der Waals surface area contributed by atoms with E-state index in [1.807, 2.05) is 18.7 Å². The Labute approximate surface area is 108 Å². The van der Waals surface area contributed by atoms with E-state index in [0.29, 0.717) is 16.9 Å². The Morgan fingerprint density at radius 3 is 2.17 bits per heavy atom. The predicted octanol–water partition coefficient (Wildman–Crippen LogP) is 2.69. The fraction of sp³-hybridized carbons (Fsp3) is 0.500. The van der Waals surface area contributed by atoms with Crippen LogP contribution < -0.4 is 4.74 Å². The first-order valence-electron chi connectivity index (χ1n) is 6.17. The Bertz CT molecular complexity index is 405. The van der Waals surface area contributed by atoms with Gasteiger partial charge in [0.25, 0.3) is 0 Å². The van der Waals surface area contributed by atoms with E-state index >= 15 is 0 Å². The summed E-state index contributed by atoms with van der Waals surface area (Å²) in [7, 11) is 0. The third kappa shape index (κ3) is 3.81. The van der Waals surface area contributed by atoms with Crippen molar-refractivity contribution in [1.82, 2.24) is 4.90 Å². The molecule has 4 heteroatoms. The standard InChI is InChI=1S/C14H20FNO2/c1-5-16(6-2)9-13(17)18-14-10(3)7-12(15)8-11(14)4/h7-8H,5-6,9H2,1-4H3. The van der Waals surface area contributed by atoms with Crippen LogP contribution in [0.1, 0.15) is 25.0 Å². The minimum Gasteiger partial charge on any atom is -0.425 e. The van der Waals surface area contributed by atoms with Crippen molar-refractivity contribution in [1.29, 1.82) is 0 Å². The van der Waals surface area contributed by atoms with Gasteiger partial charge in [-0.15, -0.1) is 0 Å². The van der Waals surface area contributed by atoms with E-state index in [-0.39, 0.29) is 18.3 Å². The second-order valence-electron chi connectivity index (χ2n) is 4.30. The molecule has 1 aromatic carbocycles. The Balaban J connectivity index is 2.76. The van der Waals surface area contributed by atoms with Crippen molar-refractivity contribution in [3.05, 3.63) is 29.1 Å². The summed E-state index contributed by atoms with van der Waals surface area (Å²) < 4.78 is 18.4. The van der Waals surface area contributed by atoms with Crippen molar-refractivity contribution in [2.45, 2.75) is 27.7 Å². The first kappa shape index (κ1) is 14.6. The Morgan fingerprint density at radius 1 is 1.22 bits per heavy atom. The molecule has 0 spiro atoms. The Hall–Kier alpha value is -1.42. The molecular weight excluding hydrogens is 233 g/mol. The van der Waals surface area contributed by atoms with Gasteiger partial charge in [0.05, 0.1) is 6.54 Å². The average Bonchev–Trinajstić information content (AvgIpc) is 2.30. The highest BCUT2D eigenvalue weighted by molar-refractivity contribution is 5.75. The maximum atomic E-state index is 13.1. The molecule has 3 nitrogen and oxygen atoms in total. The van der Waals surface area contributed by atoms with Crippen molar-refractivity contribution in [3.63, 3.8) is 0 Å². The lowest BCUT2D eigenvalue weighted by molar-refractivity contribution is -0.135. The fourth-order valence-electron chi connectivity index (χ4n) is 1.83. The number of esters is 1. The molecule has 1 rings (SSSR count). The topological polar surface area (TPSA) is 29.5 Å². The molecule has 100 valence electrons. The molecule has 0 aliphatic rings. The molecule has 1 aromatic rings. The van der Waals surface area contributed by atoms with Crippen LogP contribution >= 0.6 is 0 Å². The van der Waals surface area contributed by atoms with Crippen LogP contribution in [0.3, 0.4) is 0 Å². The molecule has 0 bridgehead atoms. The highest BCUT2D eigenvalue weighted by atomic mass is 19.1. The van der Waals surface area contributed by atoms with E-state index in [1.165, 1.54) is 12.1 Å². The van der Waals surface area contributed by atoms with Gasteiger partial charge in [-0.05, 0) is 50.2 Å². The number of carbonyl (C=O) groups excluding carboxylic acids is 1. The van der Waals surface area contributed by atoms with Crippen LogP contribution in [0.25, 0.3) is 0 Å². The zero-order chi connectivity index (χ0) is 13.7. The van der Waals surface area contributed by atoms with Crippen LogP contribution in [0.5, 0.6) is 5.75 Å². The average molecular weight is 253 g/mol. The SMILES string of the molecule is CCN(CC)CC(=O)Oc1c(C)cc(F)cc1C. The molecule has 0 saturated carbocycles. The monoisotopic (exact) mass is 253 g/mol. The highest BCUT2D eigenvalue weighted by Crippen LogP contribution is 2.24. The van der Waals surface area contributed by atoms with E-state index in [9.17, 15) is 9.18 Å². The predicted molar refractivity (Wildman–Crippen MR) is 69.3 cm³/mol. The molecular formula is C14H20FNO2. The summed E-state index contributed by atoms with van der Waals surface area (Å²) in [4.78, 5) is 13.7. The largest absolute Gasteiger partial charge is 0.425 e. The smallest absolute Gasteiger partial charge is 0.325 e. The Morgan fingerprint density at radius 2 is 1.72 bits per heavy atom. The van der Waals surface area contributed by atoms with Gasteiger partial charge in [-0.25, -0.2) is 4.39 Å². The van der Waals surface area contributed by atoms with Gasteiger partial charge in [0.15, 0.2) is 0 Å². The lowest BCUT2D eigenvalue weighted by Gasteiger charge is -2.17. The maximum Gasteiger partial charge on any atom is 0.325 e. The van der Waals surface area contributed by atoms with Crippen molar-refractivity contribution >= 4 is 5.97 Å². The summed E-state index contributed by atoms with van der Waals surface area (Å²) in [5, 5.41) is 0. The van der Waals surface area contributed by atoms with Gasteiger partial charge in [0.2, 0.25) is 0 Å². The molecule has 0 aliphatic heterocycles. The summed E-state index contributed by atoms with van der Waals surface area (Å²) in [6.07, 6.45) is 0. The van der Waals surface area contributed by atoms with Crippen molar-refractivity contribution in [2.75, 3.05) is 19.6 Å².